The SMILES string of the molecule is O=C(Nc1n[nH]c(C(F)(F)F)c1-c1ccccc1)C(F)(F)F. The molecule has 1 heterocycles. The molecule has 2 N–H and O–H groups in total. The van der Waals surface area contributed by atoms with Crippen molar-refractivity contribution in [3.63, 3.8) is 0 Å². The number of hydrogen-bond acceptors (Lipinski definition) is 2. The van der Waals surface area contributed by atoms with Crippen molar-refractivity contribution in [1.29, 1.82) is 0 Å². The van der Waals surface area contributed by atoms with Gasteiger partial charge in [-0.1, -0.05) is 30.3 Å². The van der Waals surface area contributed by atoms with Crippen LogP contribution in [0.1, 0.15) is 5.69 Å². The summed E-state index contributed by atoms with van der Waals surface area (Å²) in [5.41, 5.74) is -2.05. The van der Waals surface area contributed by atoms with Crippen LogP contribution in [0.15, 0.2) is 30.3 Å². The number of rotatable bonds is 2. The highest BCUT2D eigenvalue weighted by Crippen LogP contribution is 2.39. The van der Waals surface area contributed by atoms with Crippen molar-refractivity contribution in [2.24, 2.45) is 0 Å². The molecule has 0 aliphatic heterocycles. The molecule has 1 amide bonds. The fraction of sp³-hybridized carbons (Fsp3) is 0.167. The molecule has 0 radical (unpaired) electrons. The number of alkyl halides is 6. The molecule has 22 heavy (non-hydrogen) atoms. The first-order valence-electron chi connectivity index (χ1n) is 5.70. The quantitative estimate of drug-likeness (QED) is 0.830. The van der Waals surface area contributed by atoms with Crippen molar-refractivity contribution in [2.45, 2.75) is 12.4 Å². The van der Waals surface area contributed by atoms with E-state index in [1.807, 2.05) is 0 Å². The van der Waals surface area contributed by atoms with Crippen molar-refractivity contribution in [1.82, 2.24) is 10.2 Å². The molecule has 4 nitrogen and oxygen atoms in total. The number of nitrogens with zero attached hydrogens (tertiary/aromatic N) is 1. The predicted octanol–water partition coefficient (Wildman–Crippen LogP) is 3.60. The van der Waals surface area contributed by atoms with Crippen LogP contribution in [0, 0.1) is 0 Å². The van der Waals surface area contributed by atoms with Crippen LogP contribution in [0.3, 0.4) is 0 Å². The number of halogens is 6. The van der Waals surface area contributed by atoms with Crippen molar-refractivity contribution >= 4 is 11.7 Å². The fourth-order valence-corrected chi connectivity index (χ4v) is 1.70. The first-order chi connectivity index (χ1) is 10.1. The Kier molecular flexibility index (Phi) is 3.86. The van der Waals surface area contributed by atoms with Crippen LogP contribution < -0.4 is 5.32 Å². The van der Waals surface area contributed by atoms with E-state index in [2.05, 4.69) is 5.10 Å². The number of aromatic amines is 1. The minimum absolute atomic E-state index is 0.0407. The molecule has 10 heteroatoms. The zero-order valence-electron chi connectivity index (χ0n) is 10.5. The van der Waals surface area contributed by atoms with Gasteiger partial charge in [0.15, 0.2) is 5.82 Å². The molecule has 0 spiro atoms. The minimum Gasteiger partial charge on any atom is -0.301 e. The van der Waals surface area contributed by atoms with E-state index in [-0.39, 0.29) is 5.56 Å². The molecule has 0 saturated carbocycles. The summed E-state index contributed by atoms with van der Waals surface area (Å²) in [6.07, 6.45) is -10.1. The predicted molar refractivity (Wildman–Crippen MR) is 63.7 cm³/mol. The lowest BCUT2D eigenvalue weighted by molar-refractivity contribution is -0.167. The Morgan fingerprint density at radius 1 is 1.05 bits per heavy atom. The van der Waals surface area contributed by atoms with Crippen LogP contribution >= 0.6 is 0 Å². The van der Waals surface area contributed by atoms with E-state index in [4.69, 9.17) is 0 Å². The lowest BCUT2D eigenvalue weighted by Crippen LogP contribution is -2.30. The molecule has 118 valence electrons. The summed E-state index contributed by atoms with van der Waals surface area (Å²) < 4.78 is 75.5. The van der Waals surface area contributed by atoms with Gasteiger partial charge in [-0.3, -0.25) is 9.89 Å². The molecule has 0 aliphatic carbocycles. The van der Waals surface area contributed by atoms with Gasteiger partial charge in [-0.2, -0.15) is 31.4 Å². The number of benzene rings is 1. The molecule has 0 saturated heterocycles. The highest BCUT2D eigenvalue weighted by atomic mass is 19.4. The monoisotopic (exact) mass is 323 g/mol. The third-order valence-electron chi connectivity index (χ3n) is 2.60. The Hall–Kier alpha value is -2.52. The number of carbonyl (C=O) groups is 1. The van der Waals surface area contributed by atoms with E-state index in [1.165, 1.54) is 35.6 Å². The largest absolute Gasteiger partial charge is 0.471 e. The van der Waals surface area contributed by atoms with E-state index in [1.54, 1.807) is 5.10 Å². The van der Waals surface area contributed by atoms with E-state index in [0.29, 0.717) is 0 Å². The Morgan fingerprint density at radius 3 is 2.14 bits per heavy atom. The van der Waals surface area contributed by atoms with Crippen LogP contribution in [-0.4, -0.2) is 22.3 Å². The highest BCUT2D eigenvalue weighted by Gasteiger charge is 2.42. The van der Waals surface area contributed by atoms with Gasteiger partial charge in [-0.25, -0.2) is 0 Å². The summed E-state index contributed by atoms with van der Waals surface area (Å²) in [5, 5.41) is 6.08. The number of H-pyrrole nitrogens is 1. The second-order valence-corrected chi connectivity index (χ2v) is 4.14. The third kappa shape index (κ3) is 3.21. The van der Waals surface area contributed by atoms with Gasteiger partial charge in [0.05, 0.1) is 5.56 Å². The number of amides is 1. The standard InChI is InChI=1S/C12H7F6N3O/c13-11(14,15)8-7(6-4-2-1-3-5-6)9(21-20-8)19-10(22)12(16,17)18/h1-5H,(H2,19,20,21,22). The van der Waals surface area contributed by atoms with E-state index >= 15 is 0 Å². The van der Waals surface area contributed by atoms with Crippen LogP contribution in [0.25, 0.3) is 11.1 Å². The van der Waals surface area contributed by atoms with Crippen LogP contribution in [0.4, 0.5) is 32.2 Å². The van der Waals surface area contributed by atoms with Gasteiger partial charge in [0.1, 0.15) is 5.69 Å². The van der Waals surface area contributed by atoms with Gasteiger partial charge in [-0.15, -0.1) is 0 Å². The molecule has 2 rings (SSSR count). The minimum atomic E-state index is -5.24. The zero-order chi connectivity index (χ0) is 16.5. The lowest BCUT2D eigenvalue weighted by atomic mass is 10.1. The van der Waals surface area contributed by atoms with Gasteiger partial charge < -0.3 is 5.32 Å². The molecular formula is C12H7F6N3O. The van der Waals surface area contributed by atoms with Gasteiger partial charge >= 0.3 is 18.3 Å². The summed E-state index contributed by atoms with van der Waals surface area (Å²) >= 11 is 0. The van der Waals surface area contributed by atoms with Gasteiger partial charge in [0.25, 0.3) is 0 Å². The van der Waals surface area contributed by atoms with Crippen LogP contribution in [0.2, 0.25) is 0 Å². The Morgan fingerprint density at radius 2 is 1.64 bits per heavy atom. The van der Waals surface area contributed by atoms with E-state index in [9.17, 15) is 31.1 Å². The van der Waals surface area contributed by atoms with Crippen molar-refractivity contribution in [3.05, 3.63) is 36.0 Å². The molecule has 1 aromatic heterocycles. The fourth-order valence-electron chi connectivity index (χ4n) is 1.70. The number of carbonyl (C=O) groups excluding carboxylic acids is 1. The number of aromatic nitrogens is 2. The maximum Gasteiger partial charge on any atom is 0.471 e. The van der Waals surface area contributed by atoms with E-state index < -0.39 is 35.3 Å². The average molecular weight is 323 g/mol. The Balaban J connectivity index is 2.53. The molecular weight excluding hydrogens is 316 g/mol. The van der Waals surface area contributed by atoms with Crippen molar-refractivity contribution in [3.8, 4) is 11.1 Å². The third-order valence-corrected chi connectivity index (χ3v) is 2.60. The topological polar surface area (TPSA) is 57.8 Å². The Labute approximate surface area is 119 Å². The average Bonchev–Trinajstić information content (AvgIpc) is 2.82. The normalized spacial score (nSPS) is 12.3. The number of nitrogens with one attached hydrogen (secondary N) is 2. The first kappa shape index (κ1) is 15.9. The zero-order valence-corrected chi connectivity index (χ0v) is 10.5. The molecule has 0 aliphatic rings. The summed E-state index contributed by atoms with van der Waals surface area (Å²) in [6.45, 7) is 0. The lowest BCUT2D eigenvalue weighted by Gasteiger charge is -2.10. The molecule has 0 atom stereocenters. The number of hydrogen-bond donors (Lipinski definition) is 2. The van der Waals surface area contributed by atoms with Gasteiger partial charge in [0, 0.05) is 0 Å². The second kappa shape index (κ2) is 5.35. The molecule has 0 fully saturated rings. The maximum absolute atomic E-state index is 12.9. The summed E-state index contributed by atoms with van der Waals surface area (Å²) in [5.74, 6) is -3.26. The summed E-state index contributed by atoms with van der Waals surface area (Å²) in [4.78, 5) is 10.9. The molecule has 1 aromatic carbocycles. The summed E-state index contributed by atoms with van der Waals surface area (Å²) in [7, 11) is 0. The van der Waals surface area contributed by atoms with Gasteiger partial charge in [-0.05, 0) is 5.56 Å². The first-order valence-corrected chi connectivity index (χ1v) is 5.70. The van der Waals surface area contributed by atoms with E-state index in [0.717, 1.165) is 0 Å². The molecule has 0 bridgehead atoms. The Bertz CT molecular complexity index is 674. The second-order valence-electron chi connectivity index (χ2n) is 4.14. The highest BCUT2D eigenvalue weighted by molar-refractivity contribution is 5.97. The number of anilines is 1. The van der Waals surface area contributed by atoms with Crippen LogP contribution in [0.5, 0.6) is 0 Å². The van der Waals surface area contributed by atoms with Gasteiger partial charge in [0.2, 0.25) is 0 Å². The summed E-state index contributed by atoms with van der Waals surface area (Å²) in [6, 6.07) is 6.83. The molecule has 0 unspecified atom stereocenters. The van der Waals surface area contributed by atoms with Crippen LogP contribution in [-0.2, 0) is 11.0 Å². The maximum atomic E-state index is 12.9. The smallest absolute Gasteiger partial charge is 0.301 e. The van der Waals surface area contributed by atoms with Crippen molar-refractivity contribution < 1.29 is 31.1 Å². The molecule has 2 aromatic rings. The van der Waals surface area contributed by atoms with Crippen molar-refractivity contribution in [2.75, 3.05) is 5.32 Å².